The van der Waals surface area contributed by atoms with E-state index < -0.39 is 15.6 Å². The molecular formula is C12H34N4O8P2S2. The number of hydrogen-bond acceptors (Lipinski definition) is 9. The SMILES string of the molecule is CCOP(=O)(O)OCC.CCOP(=O)(O)OCC.CCSC(=N)N.N=C(N)S. The van der Waals surface area contributed by atoms with Crippen LogP contribution in [0.1, 0.15) is 34.6 Å². The number of thiol groups is 1. The molecule has 0 aliphatic carbocycles. The second-order valence-electron chi connectivity index (χ2n) is 3.79. The van der Waals surface area contributed by atoms with E-state index in [1.54, 1.807) is 27.7 Å². The minimum Gasteiger partial charge on any atom is -0.379 e. The van der Waals surface area contributed by atoms with Crippen molar-refractivity contribution in [2.75, 3.05) is 32.2 Å². The second kappa shape index (κ2) is 23.1. The highest BCUT2D eigenvalue weighted by molar-refractivity contribution is 8.13. The Labute approximate surface area is 176 Å². The van der Waals surface area contributed by atoms with E-state index in [-0.39, 0.29) is 36.8 Å². The molecule has 0 aromatic rings. The number of amidine groups is 2. The summed E-state index contributed by atoms with van der Waals surface area (Å²) in [6, 6.07) is 0. The van der Waals surface area contributed by atoms with E-state index in [2.05, 4.69) is 36.5 Å². The van der Waals surface area contributed by atoms with E-state index in [0.29, 0.717) is 0 Å². The van der Waals surface area contributed by atoms with Crippen molar-refractivity contribution in [3.8, 4) is 0 Å². The molecular weight excluding hydrogens is 454 g/mol. The summed E-state index contributed by atoms with van der Waals surface area (Å²) in [5.41, 5.74) is 9.51. The van der Waals surface area contributed by atoms with Gasteiger partial charge in [-0.15, -0.1) is 12.6 Å². The van der Waals surface area contributed by atoms with Crippen LogP contribution in [0.4, 0.5) is 0 Å². The largest absolute Gasteiger partial charge is 0.472 e. The molecule has 0 saturated heterocycles. The standard InChI is InChI=1S/2C4H11O4P.C3H8N2S.CH4N2S/c2*1-3-7-9(5,6)8-4-2;1-2-6-3(4)5;2-1(3)4/h2*3-4H2,1-2H3,(H,5,6);2H2,1H3,(H3,4,5);(H4,2,3,4). The summed E-state index contributed by atoms with van der Waals surface area (Å²) >= 11 is 4.67. The molecule has 0 heterocycles. The molecule has 12 nitrogen and oxygen atoms in total. The molecule has 0 unspecified atom stereocenters. The molecule has 8 N–H and O–H groups in total. The maximum absolute atomic E-state index is 10.5. The predicted octanol–water partition coefficient (Wildman–Crippen LogP) is 2.76. The van der Waals surface area contributed by atoms with E-state index in [1.165, 1.54) is 11.8 Å². The minimum atomic E-state index is -3.69. The summed E-state index contributed by atoms with van der Waals surface area (Å²) in [7, 11) is -7.39. The first-order valence-corrected chi connectivity index (χ1v) is 12.4. The molecule has 28 heavy (non-hydrogen) atoms. The predicted molar refractivity (Wildman–Crippen MR) is 117 cm³/mol. The molecule has 0 bridgehead atoms. The van der Waals surface area contributed by atoms with Crippen molar-refractivity contribution >= 4 is 50.4 Å². The van der Waals surface area contributed by atoms with Gasteiger partial charge < -0.3 is 21.3 Å². The Morgan fingerprint density at radius 3 is 1.14 bits per heavy atom. The fourth-order valence-corrected chi connectivity index (χ4v) is 2.65. The number of nitrogens with one attached hydrogen (secondary N) is 2. The van der Waals surface area contributed by atoms with Gasteiger partial charge in [0.1, 0.15) is 5.17 Å². The molecule has 16 heteroatoms. The quantitative estimate of drug-likeness (QED) is 0.108. The zero-order valence-corrected chi connectivity index (χ0v) is 20.3. The van der Waals surface area contributed by atoms with Gasteiger partial charge in [0.05, 0.1) is 26.4 Å². The Balaban J connectivity index is -0.000000143. The third-order valence-corrected chi connectivity index (χ3v) is 4.41. The summed E-state index contributed by atoms with van der Waals surface area (Å²) in [4.78, 5) is 17.3. The smallest absolute Gasteiger partial charge is 0.379 e. The fourth-order valence-electron chi connectivity index (χ4n) is 0.883. The zero-order chi connectivity index (χ0) is 23.2. The van der Waals surface area contributed by atoms with Crippen molar-refractivity contribution in [3.63, 3.8) is 0 Å². The first-order valence-electron chi connectivity index (χ1n) is 7.98. The molecule has 0 aliphatic rings. The molecule has 0 aromatic carbocycles. The highest BCUT2D eigenvalue weighted by Crippen LogP contribution is 2.42. The summed E-state index contributed by atoms with van der Waals surface area (Å²) < 4.78 is 38.5. The van der Waals surface area contributed by atoms with Crippen LogP contribution >= 0.6 is 40.0 Å². The summed E-state index contributed by atoms with van der Waals surface area (Å²) in [5.74, 6) is 0.898. The number of nitrogens with two attached hydrogens (primary N) is 2. The van der Waals surface area contributed by atoms with E-state index >= 15 is 0 Å². The molecule has 0 atom stereocenters. The highest BCUT2D eigenvalue weighted by Gasteiger charge is 2.18. The number of rotatable bonds is 9. The third kappa shape index (κ3) is 44.9. The lowest BCUT2D eigenvalue weighted by Crippen LogP contribution is -2.02. The first kappa shape index (κ1) is 35.3. The van der Waals surface area contributed by atoms with E-state index in [1.807, 2.05) is 6.92 Å². The topological polar surface area (TPSA) is 211 Å². The molecule has 0 spiro atoms. The normalized spacial score (nSPS) is 10.3. The fraction of sp³-hybridized carbons (Fsp3) is 0.833. The van der Waals surface area contributed by atoms with Gasteiger partial charge in [0.15, 0.2) is 5.17 Å². The van der Waals surface area contributed by atoms with Gasteiger partial charge in [-0.1, -0.05) is 18.7 Å². The third-order valence-electron chi connectivity index (χ3n) is 1.47. The number of thioether (sulfide) groups is 1. The summed E-state index contributed by atoms with van der Waals surface area (Å²) in [5, 5.41) is 12.8. The molecule has 0 fully saturated rings. The van der Waals surface area contributed by atoms with Crippen molar-refractivity contribution in [1.82, 2.24) is 0 Å². The Bertz CT molecular complexity index is 437. The van der Waals surface area contributed by atoms with Crippen molar-refractivity contribution in [2.45, 2.75) is 34.6 Å². The molecule has 0 saturated carbocycles. The Hall–Kier alpha value is -0.140. The van der Waals surface area contributed by atoms with Crippen LogP contribution in [0.3, 0.4) is 0 Å². The minimum absolute atomic E-state index is 0.139. The zero-order valence-electron chi connectivity index (χ0n) is 16.8. The van der Waals surface area contributed by atoms with Crippen LogP contribution in [-0.4, -0.2) is 52.3 Å². The van der Waals surface area contributed by atoms with Gasteiger partial charge in [-0.25, -0.2) is 9.13 Å². The average Bonchev–Trinajstić information content (AvgIpc) is 2.47. The maximum atomic E-state index is 10.5. The van der Waals surface area contributed by atoms with Crippen molar-refractivity contribution in [2.24, 2.45) is 11.5 Å². The Kier molecular flexibility index (Phi) is 29.2. The lowest BCUT2D eigenvalue weighted by atomic mass is 10.9. The van der Waals surface area contributed by atoms with Crippen molar-refractivity contribution < 1.29 is 37.0 Å². The van der Waals surface area contributed by atoms with Gasteiger partial charge in [0.25, 0.3) is 0 Å². The molecule has 0 aliphatic heterocycles. The Morgan fingerprint density at radius 2 is 1.07 bits per heavy atom. The van der Waals surface area contributed by atoms with Gasteiger partial charge in [-0.2, -0.15) is 0 Å². The van der Waals surface area contributed by atoms with Crippen molar-refractivity contribution in [3.05, 3.63) is 0 Å². The summed E-state index contributed by atoms with van der Waals surface area (Å²) in [6.07, 6.45) is 0. The van der Waals surface area contributed by atoms with Crippen LogP contribution in [0.2, 0.25) is 0 Å². The van der Waals surface area contributed by atoms with Crippen LogP contribution in [0.5, 0.6) is 0 Å². The molecule has 0 rings (SSSR count). The van der Waals surface area contributed by atoms with Crippen LogP contribution in [0, 0.1) is 10.8 Å². The highest BCUT2D eigenvalue weighted by atomic mass is 32.2. The molecule has 172 valence electrons. The summed E-state index contributed by atoms with van der Waals surface area (Å²) in [6.45, 7) is 9.22. The van der Waals surface area contributed by atoms with E-state index in [9.17, 15) is 9.13 Å². The number of phosphoric acid groups is 2. The number of phosphoric ester groups is 2. The van der Waals surface area contributed by atoms with Gasteiger partial charge in [-0.05, 0) is 33.4 Å². The van der Waals surface area contributed by atoms with Crippen LogP contribution in [0.15, 0.2) is 0 Å². The van der Waals surface area contributed by atoms with Gasteiger partial charge in [-0.3, -0.25) is 28.9 Å². The average molecular weight is 489 g/mol. The Morgan fingerprint density at radius 1 is 0.857 bits per heavy atom. The van der Waals surface area contributed by atoms with Crippen LogP contribution in [-0.2, 0) is 27.2 Å². The molecule has 0 aromatic heterocycles. The van der Waals surface area contributed by atoms with E-state index in [4.69, 9.17) is 26.3 Å². The van der Waals surface area contributed by atoms with Crippen LogP contribution in [0.25, 0.3) is 0 Å². The van der Waals surface area contributed by atoms with E-state index in [0.717, 1.165) is 5.75 Å². The van der Waals surface area contributed by atoms with Crippen LogP contribution < -0.4 is 11.5 Å². The number of hydrogen-bond donors (Lipinski definition) is 7. The monoisotopic (exact) mass is 488 g/mol. The molecule has 0 amide bonds. The maximum Gasteiger partial charge on any atom is 0.472 e. The first-order chi connectivity index (χ1) is 12.7. The lowest BCUT2D eigenvalue weighted by molar-refractivity contribution is 0.160. The van der Waals surface area contributed by atoms with Gasteiger partial charge >= 0.3 is 15.6 Å². The second-order valence-corrected chi connectivity index (χ2v) is 8.49. The lowest BCUT2D eigenvalue weighted by Gasteiger charge is -2.07. The van der Waals surface area contributed by atoms with Crippen molar-refractivity contribution in [1.29, 1.82) is 10.8 Å². The van der Waals surface area contributed by atoms with Gasteiger partial charge in [0.2, 0.25) is 0 Å². The van der Waals surface area contributed by atoms with Gasteiger partial charge in [0, 0.05) is 0 Å². The molecule has 0 radical (unpaired) electrons.